The monoisotopic (exact) mass is 308 g/mol. The van der Waals surface area contributed by atoms with Gasteiger partial charge in [-0.3, -0.25) is 0 Å². The van der Waals surface area contributed by atoms with Gasteiger partial charge in [0, 0.05) is 0 Å². The van der Waals surface area contributed by atoms with Crippen molar-refractivity contribution in [2.75, 3.05) is 14.2 Å². The number of benzene rings is 2. The van der Waals surface area contributed by atoms with Gasteiger partial charge in [0.25, 0.3) is 0 Å². The highest BCUT2D eigenvalue weighted by Crippen LogP contribution is 2.40. The molecule has 0 aliphatic heterocycles. The number of aliphatic hydroxyl groups is 1. The quantitative estimate of drug-likeness (QED) is 0.899. The van der Waals surface area contributed by atoms with Crippen LogP contribution in [-0.2, 0) is 0 Å². The standard InChI is InChI=1S/C16H17ClO4/c1-10(18)12-8-7-11(9-13(12)17)21-16-14(19-2)5-4-6-15(16)20-3/h4-10,18H,1-3H3. The Hall–Kier alpha value is -1.91. The summed E-state index contributed by atoms with van der Waals surface area (Å²) in [5.74, 6) is 2.13. The first-order chi connectivity index (χ1) is 10.1. The van der Waals surface area contributed by atoms with Crippen molar-refractivity contribution in [2.24, 2.45) is 0 Å². The van der Waals surface area contributed by atoms with Crippen LogP contribution in [-0.4, -0.2) is 19.3 Å². The lowest BCUT2D eigenvalue weighted by Crippen LogP contribution is -1.96. The first-order valence-electron chi connectivity index (χ1n) is 6.43. The molecule has 112 valence electrons. The fraction of sp³-hybridized carbons (Fsp3) is 0.250. The van der Waals surface area contributed by atoms with Gasteiger partial charge in [-0.15, -0.1) is 0 Å². The second-order valence-corrected chi connectivity index (χ2v) is 4.86. The van der Waals surface area contributed by atoms with E-state index in [0.29, 0.717) is 33.6 Å². The highest BCUT2D eigenvalue weighted by Gasteiger charge is 2.14. The molecule has 0 heterocycles. The fourth-order valence-electron chi connectivity index (χ4n) is 1.95. The van der Waals surface area contributed by atoms with Crippen LogP contribution in [0.1, 0.15) is 18.6 Å². The zero-order valence-electron chi connectivity index (χ0n) is 12.1. The van der Waals surface area contributed by atoms with Gasteiger partial charge in [-0.2, -0.15) is 0 Å². The highest BCUT2D eigenvalue weighted by atomic mass is 35.5. The SMILES string of the molecule is COc1cccc(OC)c1Oc1ccc(C(C)O)c(Cl)c1. The molecule has 0 bridgehead atoms. The van der Waals surface area contributed by atoms with E-state index >= 15 is 0 Å². The number of rotatable bonds is 5. The molecular formula is C16H17ClO4. The molecular weight excluding hydrogens is 292 g/mol. The lowest BCUT2D eigenvalue weighted by Gasteiger charge is -2.15. The van der Waals surface area contributed by atoms with Crippen molar-refractivity contribution in [3.05, 3.63) is 47.0 Å². The van der Waals surface area contributed by atoms with Crippen LogP contribution in [0, 0.1) is 0 Å². The van der Waals surface area contributed by atoms with E-state index in [0.717, 1.165) is 0 Å². The molecule has 21 heavy (non-hydrogen) atoms. The number of ether oxygens (including phenoxy) is 3. The van der Waals surface area contributed by atoms with E-state index in [1.54, 1.807) is 51.5 Å². The zero-order valence-corrected chi connectivity index (χ0v) is 12.8. The molecule has 0 aromatic heterocycles. The molecule has 5 heteroatoms. The number of para-hydroxylation sites is 1. The van der Waals surface area contributed by atoms with E-state index in [-0.39, 0.29) is 0 Å². The van der Waals surface area contributed by atoms with Crippen molar-refractivity contribution in [2.45, 2.75) is 13.0 Å². The molecule has 2 aromatic carbocycles. The summed E-state index contributed by atoms with van der Waals surface area (Å²) in [7, 11) is 3.12. The summed E-state index contributed by atoms with van der Waals surface area (Å²) >= 11 is 6.14. The van der Waals surface area contributed by atoms with E-state index in [9.17, 15) is 5.11 Å². The van der Waals surface area contributed by atoms with Gasteiger partial charge in [-0.1, -0.05) is 23.7 Å². The predicted octanol–water partition coefficient (Wildman–Crippen LogP) is 4.20. The van der Waals surface area contributed by atoms with Crippen molar-refractivity contribution in [1.29, 1.82) is 0 Å². The largest absolute Gasteiger partial charge is 0.493 e. The Morgan fingerprint density at radius 2 is 1.67 bits per heavy atom. The van der Waals surface area contributed by atoms with E-state index in [2.05, 4.69) is 0 Å². The van der Waals surface area contributed by atoms with Gasteiger partial charge >= 0.3 is 0 Å². The maximum atomic E-state index is 9.58. The summed E-state index contributed by atoms with van der Waals surface area (Å²) < 4.78 is 16.4. The molecule has 0 fully saturated rings. The van der Waals surface area contributed by atoms with Crippen LogP contribution in [0.3, 0.4) is 0 Å². The van der Waals surface area contributed by atoms with Gasteiger partial charge in [-0.25, -0.2) is 0 Å². The minimum atomic E-state index is -0.632. The molecule has 0 aliphatic rings. The molecule has 4 nitrogen and oxygen atoms in total. The Balaban J connectivity index is 2.36. The van der Waals surface area contributed by atoms with Crippen LogP contribution in [0.25, 0.3) is 0 Å². The third-order valence-corrected chi connectivity index (χ3v) is 3.35. The summed E-state index contributed by atoms with van der Waals surface area (Å²) in [5.41, 5.74) is 0.649. The number of halogens is 1. The van der Waals surface area contributed by atoms with E-state index in [1.165, 1.54) is 0 Å². The van der Waals surface area contributed by atoms with Gasteiger partial charge in [0.05, 0.1) is 25.3 Å². The van der Waals surface area contributed by atoms with E-state index in [4.69, 9.17) is 25.8 Å². The summed E-state index contributed by atoms with van der Waals surface area (Å²) in [5, 5.41) is 10.0. The zero-order chi connectivity index (χ0) is 15.4. The number of aliphatic hydroxyl groups excluding tert-OH is 1. The topological polar surface area (TPSA) is 47.9 Å². The van der Waals surface area contributed by atoms with Crippen LogP contribution < -0.4 is 14.2 Å². The minimum Gasteiger partial charge on any atom is -0.493 e. The fourth-order valence-corrected chi connectivity index (χ4v) is 2.27. The Bertz CT molecular complexity index is 603. The summed E-state index contributed by atoms with van der Waals surface area (Å²) in [6.45, 7) is 1.66. The molecule has 2 rings (SSSR count). The van der Waals surface area contributed by atoms with Gasteiger partial charge in [0.15, 0.2) is 11.5 Å². The minimum absolute atomic E-state index is 0.441. The predicted molar refractivity (Wildman–Crippen MR) is 81.7 cm³/mol. The molecule has 0 saturated heterocycles. The summed E-state index contributed by atoms with van der Waals surface area (Å²) in [6.07, 6.45) is -0.632. The summed E-state index contributed by atoms with van der Waals surface area (Å²) in [4.78, 5) is 0. The average molecular weight is 309 g/mol. The average Bonchev–Trinajstić information content (AvgIpc) is 2.47. The second kappa shape index (κ2) is 6.70. The lowest BCUT2D eigenvalue weighted by molar-refractivity contribution is 0.199. The van der Waals surface area contributed by atoms with Crippen molar-refractivity contribution in [3.8, 4) is 23.0 Å². The number of hydrogen-bond acceptors (Lipinski definition) is 4. The van der Waals surface area contributed by atoms with Crippen molar-refractivity contribution in [3.63, 3.8) is 0 Å². The first-order valence-corrected chi connectivity index (χ1v) is 6.81. The molecule has 0 spiro atoms. The van der Waals surface area contributed by atoms with Crippen LogP contribution >= 0.6 is 11.6 Å². The molecule has 0 amide bonds. The van der Waals surface area contributed by atoms with E-state index < -0.39 is 6.10 Å². The van der Waals surface area contributed by atoms with Gasteiger partial charge in [0.2, 0.25) is 5.75 Å². The van der Waals surface area contributed by atoms with Gasteiger partial charge in [-0.05, 0) is 36.8 Å². The maximum absolute atomic E-state index is 9.58. The number of methoxy groups -OCH3 is 2. The molecule has 1 unspecified atom stereocenters. The Labute approximate surface area is 128 Å². The van der Waals surface area contributed by atoms with Crippen molar-refractivity contribution in [1.82, 2.24) is 0 Å². The Morgan fingerprint density at radius 1 is 1.05 bits per heavy atom. The van der Waals surface area contributed by atoms with Crippen LogP contribution in [0.2, 0.25) is 5.02 Å². The van der Waals surface area contributed by atoms with Crippen molar-refractivity contribution >= 4 is 11.6 Å². The number of hydrogen-bond donors (Lipinski definition) is 1. The smallest absolute Gasteiger partial charge is 0.210 e. The molecule has 0 saturated carbocycles. The van der Waals surface area contributed by atoms with Gasteiger partial charge < -0.3 is 19.3 Å². The third kappa shape index (κ3) is 3.40. The van der Waals surface area contributed by atoms with Crippen molar-refractivity contribution < 1.29 is 19.3 Å². The second-order valence-electron chi connectivity index (χ2n) is 4.45. The molecule has 1 atom stereocenters. The van der Waals surface area contributed by atoms with Crippen LogP contribution in [0.15, 0.2) is 36.4 Å². The first kappa shape index (κ1) is 15.5. The normalized spacial score (nSPS) is 11.9. The van der Waals surface area contributed by atoms with E-state index in [1.807, 2.05) is 6.07 Å². The summed E-state index contributed by atoms with van der Waals surface area (Å²) in [6, 6.07) is 10.5. The van der Waals surface area contributed by atoms with Crippen LogP contribution in [0.4, 0.5) is 0 Å². The van der Waals surface area contributed by atoms with Gasteiger partial charge in [0.1, 0.15) is 5.75 Å². The molecule has 0 radical (unpaired) electrons. The highest BCUT2D eigenvalue weighted by molar-refractivity contribution is 6.31. The molecule has 2 aromatic rings. The Kier molecular flexibility index (Phi) is 4.94. The molecule has 1 N–H and O–H groups in total. The maximum Gasteiger partial charge on any atom is 0.210 e. The van der Waals surface area contributed by atoms with Crippen LogP contribution in [0.5, 0.6) is 23.0 Å². The molecule has 0 aliphatic carbocycles. The third-order valence-electron chi connectivity index (χ3n) is 3.02. The lowest BCUT2D eigenvalue weighted by atomic mass is 10.1. The Morgan fingerprint density at radius 3 is 2.14 bits per heavy atom.